The quantitative estimate of drug-likeness (QED) is 0.382. The molecule has 0 aliphatic heterocycles. The van der Waals surface area contributed by atoms with Gasteiger partial charge < -0.3 is 0 Å². The van der Waals surface area contributed by atoms with E-state index in [9.17, 15) is 18.9 Å². The number of hydrogen-bond acceptors (Lipinski definition) is 2. The van der Waals surface area contributed by atoms with Crippen molar-refractivity contribution in [3.8, 4) is 0 Å². The summed E-state index contributed by atoms with van der Waals surface area (Å²) in [5, 5.41) is 9.97. The summed E-state index contributed by atoms with van der Waals surface area (Å²) in [5.74, 6) is -2.29. The first-order valence-corrected chi connectivity index (χ1v) is 3.49. The van der Waals surface area contributed by atoms with E-state index in [4.69, 9.17) is 0 Å². The first kappa shape index (κ1) is 9.00. The fraction of sp³-hybridized carbons (Fsp3) is 0. The Morgan fingerprint density at radius 1 is 1.42 bits per heavy atom. The van der Waals surface area contributed by atoms with E-state index < -0.39 is 22.2 Å². The van der Waals surface area contributed by atoms with Crippen molar-refractivity contribution >= 4 is 20.2 Å². The van der Waals surface area contributed by atoms with Gasteiger partial charge in [0.2, 0.25) is 0 Å². The first-order chi connectivity index (χ1) is 5.52. The average Bonchev–Trinajstić information content (AvgIpc) is 1.99. The highest BCUT2D eigenvalue weighted by molar-refractivity contribution is 7.27. The highest BCUT2D eigenvalue weighted by Gasteiger charge is 2.13. The van der Waals surface area contributed by atoms with Crippen LogP contribution in [0.4, 0.5) is 14.5 Å². The van der Waals surface area contributed by atoms with Gasteiger partial charge in [0.05, 0.1) is 11.0 Å². The third-order valence-corrected chi connectivity index (χ3v) is 1.67. The fourth-order valence-corrected chi connectivity index (χ4v) is 1.01. The van der Waals surface area contributed by atoms with Crippen LogP contribution in [0.15, 0.2) is 12.1 Å². The SMILES string of the molecule is O=[N+]([O-])c1cc(F)c(F)c(P)c1. The molecule has 0 fully saturated rings. The molecule has 64 valence electrons. The summed E-state index contributed by atoms with van der Waals surface area (Å²) < 4.78 is 25.1. The van der Waals surface area contributed by atoms with Gasteiger partial charge in [-0.3, -0.25) is 10.1 Å². The summed E-state index contributed by atoms with van der Waals surface area (Å²) >= 11 is 0. The lowest BCUT2D eigenvalue weighted by Crippen LogP contribution is -2.04. The molecule has 0 saturated heterocycles. The molecule has 1 rings (SSSR count). The number of non-ortho nitro benzene ring substituents is 1. The van der Waals surface area contributed by atoms with Gasteiger partial charge in [0.25, 0.3) is 5.69 Å². The molecule has 0 saturated carbocycles. The second-order valence-corrected chi connectivity index (χ2v) is 2.71. The second-order valence-electron chi connectivity index (χ2n) is 2.09. The summed E-state index contributed by atoms with van der Waals surface area (Å²) in [6.07, 6.45) is 0. The number of nitro groups is 1. The van der Waals surface area contributed by atoms with Gasteiger partial charge in [-0.25, -0.2) is 8.78 Å². The van der Waals surface area contributed by atoms with Crippen LogP contribution in [0.2, 0.25) is 0 Å². The molecule has 0 aromatic heterocycles. The Morgan fingerprint density at radius 3 is 2.42 bits per heavy atom. The first-order valence-electron chi connectivity index (χ1n) is 2.91. The van der Waals surface area contributed by atoms with Gasteiger partial charge in [-0.1, -0.05) is 0 Å². The zero-order valence-electron chi connectivity index (χ0n) is 5.75. The van der Waals surface area contributed by atoms with Gasteiger partial charge in [0.1, 0.15) is 0 Å². The standard InChI is InChI=1S/C6H4F2NO2P/c7-4-1-3(9(10)11)2-5(12)6(4)8/h1-2H,12H2. The Bertz CT molecular complexity index is 319. The van der Waals surface area contributed by atoms with Gasteiger partial charge in [0, 0.05) is 11.4 Å². The van der Waals surface area contributed by atoms with Crippen LogP contribution in [0.3, 0.4) is 0 Å². The van der Waals surface area contributed by atoms with Crippen LogP contribution < -0.4 is 5.30 Å². The molecule has 1 unspecified atom stereocenters. The largest absolute Gasteiger partial charge is 0.273 e. The normalized spacial score (nSPS) is 9.92. The number of halogens is 2. The lowest BCUT2D eigenvalue weighted by atomic mass is 10.3. The summed E-state index contributed by atoms with van der Waals surface area (Å²) in [6.45, 7) is 0. The predicted molar refractivity (Wildman–Crippen MR) is 42.4 cm³/mol. The minimum Gasteiger partial charge on any atom is -0.258 e. The van der Waals surface area contributed by atoms with Gasteiger partial charge in [-0.15, -0.1) is 9.24 Å². The molecule has 1 aromatic carbocycles. The van der Waals surface area contributed by atoms with E-state index >= 15 is 0 Å². The predicted octanol–water partition coefficient (Wildman–Crippen LogP) is 1.37. The van der Waals surface area contributed by atoms with Crippen LogP contribution in [0.5, 0.6) is 0 Å². The fourth-order valence-electron chi connectivity index (χ4n) is 0.701. The molecule has 1 aromatic rings. The molecule has 0 heterocycles. The molecular formula is C6H4F2NO2P. The van der Waals surface area contributed by atoms with Crippen molar-refractivity contribution in [2.24, 2.45) is 0 Å². The van der Waals surface area contributed by atoms with Crippen LogP contribution in [0.1, 0.15) is 0 Å². The molecule has 0 spiro atoms. The molecule has 6 heteroatoms. The number of benzene rings is 1. The van der Waals surface area contributed by atoms with E-state index in [0.717, 1.165) is 6.07 Å². The van der Waals surface area contributed by atoms with Crippen molar-refractivity contribution in [1.29, 1.82) is 0 Å². The molecule has 0 bridgehead atoms. The van der Waals surface area contributed by atoms with Crippen molar-refractivity contribution in [1.82, 2.24) is 0 Å². The van der Waals surface area contributed by atoms with Crippen molar-refractivity contribution in [3.63, 3.8) is 0 Å². The highest BCUT2D eigenvalue weighted by atomic mass is 31.0. The van der Waals surface area contributed by atoms with Crippen LogP contribution in [-0.2, 0) is 0 Å². The van der Waals surface area contributed by atoms with Crippen molar-refractivity contribution in [2.45, 2.75) is 0 Å². The highest BCUT2D eigenvalue weighted by Crippen LogP contribution is 2.15. The lowest BCUT2D eigenvalue weighted by Gasteiger charge is -1.96. The summed E-state index contributed by atoms with van der Waals surface area (Å²) in [7, 11) is 1.88. The van der Waals surface area contributed by atoms with E-state index in [2.05, 4.69) is 0 Å². The molecule has 12 heavy (non-hydrogen) atoms. The molecule has 1 atom stereocenters. The van der Waals surface area contributed by atoms with Gasteiger partial charge in [-0.05, 0) is 0 Å². The van der Waals surface area contributed by atoms with Gasteiger partial charge in [0.15, 0.2) is 11.6 Å². The van der Waals surface area contributed by atoms with E-state index in [1.165, 1.54) is 0 Å². The van der Waals surface area contributed by atoms with Crippen LogP contribution in [0.25, 0.3) is 0 Å². The topological polar surface area (TPSA) is 43.1 Å². The van der Waals surface area contributed by atoms with Crippen molar-refractivity contribution in [2.75, 3.05) is 0 Å². The minimum absolute atomic E-state index is 0.151. The van der Waals surface area contributed by atoms with Gasteiger partial charge in [-0.2, -0.15) is 0 Å². The van der Waals surface area contributed by atoms with Crippen LogP contribution >= 0.6 is 9.24 Å². The van der Waals surface area contributed by atoms with Gasteiger partial charge >= 0.3 is 0 Å². The molecule has 0 aliphatic rings. The zero-order valence-corrected chi connectivity index (χ0v) is 6.91. The number of nitrogens with zero attached hydrogens (tertiary/aromatic N) is 1. The molecule has 0 radical (unpaired) electrons. The van der Waals surface area contributed by atoms with Crippen LogP contribution in [-0.4, -0.2) is 4.92 Å². The smallest absolute Gasteiger partial charge is 0.258 e. The van der Waals surface area contributed by atoms with E-state index in [1.54, 1.807) is 0 Å². The molecule has 0 N–H and O–H groups in total. The van der Waals surface area contributed by atoms with Crippen LogP contribution in [0, 0.1) is 21.7 Å². The number of nitro benzene ring substituents is 1. The third-order valence-electron chi connectivity index (χ3n) is 1.25. The van der Waals surface area contributed by atoms with Crippen molar-refractivity contribution in [3.05, 3.63) is 33.9 Å². The summed E-state index contributed by atoms with van der Waals surface area (Å²) in [5.41, 5.74) is -0.459. The van der Waals surface area contributed by atoms with Crippen molar-refractivity contribution < 1.29 is 13.7 Å². The Kier molecular flexibility index (Phi) is 2.33. The summed E-state index contributed by atoms with van der Waals surface area (Å²) in [6, 6.07) is 1.49. The maximum Gasteiger partial charge on any atom is 0.273 e. The molecule has 3 nitrogen and oxygen atoms in total. The van der Waals surface area contributed by atoms with E-state index in [0.29, 0.717) is 6.07 Å². The maximum atomic E-state index is 12.6. The zero-order chi connectivity index (χ0) is 9.30. The van der Waals surface area contributed by atoms with E-state index in [1.807, 2.05) is 9.24 Å². The monoisotopic (exact) mass is 191 g/mol. The Morgan fingerprint density at radius 2 is 2.00 bits per heavy atom. The minimum atomic E-state index is -1.21. The van der Waals surface area contributed by atoms with E-state index in [-0.39, 0.29) is 5.30 Å². The Labute approximate surface area is 68.7 Å². The molecular weight excluding hydrogens is 187 g/mol. The number of rotatable bonds is 1. The Balaban J connectivity index is 3.31. The lowest BCUT2D eigenvalue weighted by molar-refractivity contribution is -0.385. The second kappa shape index (κ2) is 3.11. The average molecular weight is 191 g/mol. The Hall–Kier alpha value is -1.09. The molecule has 0 aliphatic carbocycles. The number of hydrogen-bond donors (Lipinski definition) is 0. The third kappa shape index (κ3) is 1.56. The molecule has 0 amide bonds. The maximum absolute atomic E-state index is 12.6. The summed E-state index contributed by atoms with van der Waals surface area (Å²) in [4.78, 5) is 9.34.